The van der Waals surface area contributed by atoms with Crippen LogP contribution < -0.4 is 10.9 Å². The third-order valence-corrected chi connectivity index (χ3v) is 6.09. The molecular weight excluding hydrogens is 346 g/mol. The predicted octanol–water partition coefficient (Wildman–Crippen LogP) is 2.96. The van der Waals surface area contributed by atoms with E-state index in [4.69, 9.17) is 0 Å². The lowest BCUT2D eigenvalue weighted by Crippen LogP contribution is -2.33. The fraction of sp³-hybridized carbons (Fsp3) is 0.350. The van der Waals surface area contributed by atoms with Crippen LogP contribution in [0.15, 0.2) is 35.1 Å². The highest BCUT2D eigenvalue weighted by Crippen LogP contribution is 2.33. The largest absolute Gasteiger partial charge is 0.350 e. The molecule has 0 atom stereocenters. The number of aromatic nitrogens is 2. The van der Waals surface area contributed by atoms with E-state index in [2.05, 4.69) is 10.3 Å². The van der Waals surface area contributed by atoms with Gasteiger partial charge >= 0.3 is 0 Å². The fourth-order valence-electron chi connectivity index (χ4n) is 3.52. The number of fused-ring (bicyclic) bond motifs is 3. The van der Waals surface area contributed by atoms with Gasteiger partial charge < -0.3 is 5.32 Å². The van der Waals surface area contributed by atoms with E-state index in [1.807, 2.05) is 30.3 Å². The SMILES string of the molecule is Cc1nc2sc3c(c2c(=O)n1CC(=O)NCc1ccccc1)CCCC3. The highest BCUT2D eigenvalue weighted by Gasteiger charge is 2.21. The molecule has 2 heterocycles. The first-order chi connectivity index (χ1) is 12.6. The summed E-state index contributed by atoms with van der Waals surface area (Å²) in [4.78, 5) is 32.1. The van der Waals surface area contributed by atoms with Gasteiger partial charge in [0.2, 0.25) is 5.91 Å². The quantitative estimate of drug-likeness (QED) is 0.771. The van der Waals surface area contributed by atoms with Gasteiger partial charge in [-0.1, -0.05) is 30.3 Å². The number of nitrogens with zero attached hydrogens (tertiary/aromatic N) is 2. The average molecular weight is 367 g/mol. The van der Waals surface area contributed by atoms with Crippen molar-refractivity contribution in [2.75, 3.05) is 0 Å². The minimum Gasteiger partial charge on any atom is -0.350 e. The average Bonchev–Trinajstić information content (AvgIpc) is 3.02. The molecule has 0 radical (unpaired) electrons. The number of rotatable bonds is 4. The van der Waals surface area contributed by atoms with Crippen LogP contribution in [0.4, 0.5) is 0 Å². The van der Waals surface area contributed by atoms with Crippen molar-refractivity contribution in [2.24, 2.45) is 0 Å². The van der Waals surface area contributed by atoms with Gasteiger partial charge in [-0.3, -0.25) is 14.2 Å². The highest BCUT2D eigenvalue weighted by molar-refractivity contribution is 7.18. The van der Waals surface area contributed by atoms with Crippen molar-refractivity contribution >= 4 is 27.5 Å². The maximum atomic E-state index is 13.0. The highest BCUT2D eigenvalue weighted by atomic mass is 32.1. The summed E-state index contributed by atoms with van der Waals surface area (Å²) in [7, 11) is 0. The van der Waals surface area contributed by atoms with E-state index in [9.17, 15) is 9.59 Å². The van der Waals surface area contributed by atoms with Gasteiger partial charge in [-0.05, 0) is 43.7 Å². The summed E-state index contributed by atoms with van der Waals surface area (Å²) in [5, 5.41) is 3.61. The van der Waals surface area contributed by atoms with Crippen LogP contribution in [0.3, 0.4) is 0 Å². The second-order valence-electron chi connectivity index (χ2n) is 6.70. The summed E-state index contributed by atoms with van der Waals surface area (Å²) in [6.07, 6.45) is 4.26. The number of nitrogens with one attached hydrogen (secondary N) is 1. The van der Waals surface area contributed by atoms with Crippen LogP contribution in [0.25, 0.3) is 10.2 Å². The molecule has 0 bridgehead atoms. The standard InChI is InChI=1S/C20H21N3O2S/c1-13-22-19-18(15-9-5-6-10-16(15)26-19)20(25)23(13)12-17(24)21-11-14-7-3-2-4-8-14/h2-4,7-8H,5-6,9-12H2,1H3,(H,21,24). The Morgan fingerprint density at radius 2 is 2.00 bits per heavy atom. The summed E-state index contributed by atoms with van der Waals surface area (Å²) in [5.41, 5.74) is 2.11. The first-order valence-electron chi connectivity index (χ1n) is 8.96. The molecule has 0 spiro atoms. The fourth-order valence-corrected chi connectivity index (χ4v) is 4.82. The Bertz CT molecular complexity index is 1020. The predicted molar refractivity (Wildman–Crippen MR) is 104 cm³/mol. The minimum atomic E-state index is -0.177. The van der Waals surface area contributed by atoms with E-state index < -0.39 is 0 Å². The topological polar surface area (TPSA) is 64.0 Å². The van der Waals surface area contributed by atoms with E-state index >= 15 is 0 Å². The van der Waals surface area contributed by atoms with Crippen LogP contribution >= 0.6 is 11.3 Å². The molecule has 1 aliphatic carbocycles. The van der Waals surface area contributed by atoms with Crippen molar-refractivity contribution in [2.45, 2.75) is 45.7 Å². The van der Waals surface area contributed by atoms with E-state index in [0.29, 0.717) is 12.4 Å². The van der Waals surface area contributed by atoms with E-state index in [0.717, 1.165) is 40.6 Å². The molecule has 1 amide bonds. The molecule has 3 aromatic rings. The summed E-state index contributed by atoms with van der Waals surface area (Å²) < 4.78 is 1.50. The van der Waals surface area contributed by atoms with E-state index in [-0.39, 0.29) is 18.0 Å². The van der Waals surface area contributed by atoms with Crippen molar-refractivity contribution in [3.8, 4) is 0 Å². The Morgan fingerprint density at radius 1 is 1.23 bits per heavy atom. The molecule has 1 aromatic carbocycles. The Balaban J connectivity index is 1.60. The number of carbonyl (C=O) groups excluding carboxylic acids is 1. The molecule has 2 aromatic heterocycles. The summed E-state index contributed by atoms with van der Waals surface area (Å²) >= 11 is 1.64. The molecule has 0 unspecified atom stereocenters. The normalized spacial score (nSPS) is 13.6. The third-order valence-electron chi connectivity index (χ3n) is 4.90. The number of hydrogen-bond acceptors (Lipinski definition) is 4. The van der Waals surface area contributed by atoms with Gasteiger partial charge in [0, 0.05) is 11.4 Å². The third kappa shape index (κ3) is 3.17. The number of aryl methyl sites for hydroxylation is 3. The van der Waals surface area contributed by atoms with Gasteiger partial charge in [-0.15, -0.1) is 11.3 Å². The Morgan fingerprint density at radius 3 is 2.81 bits per heavy atom. The Kier molecular flexibility index (Phi) is 4.59. The molecule has 26 heavy (non-hydrogen) atoms. The van der Waals surface area contributed by atoms with Crippen LogP contribution in [-0.4, -0.2) is 15.5 Å². The van der Waals surface area contributed by atoms with Crippen molar-refractivity contribution < 1.29 is 4.79 Å². The lowest BCUT2D eigenvalue weighted by atomic mass is 9.97. The molecule has 6 heteroatoms. The zero-order valence-electron chi connectivity index (χ0n) is 14.7. The molecule has 5 nitrogen and oxygen atoms in total. The van der Waals surface area contributed by atoms with Crippen LogP contribution in [0.2, 0.25) is 0 Å². The minimum absolute atomic E-state index is 0.00502. The lowest BCUT2D eigenvalue weighted by molar-refractivity contribution is -0.121. The maximum Gasteiger partial charge on any atom is 0.263 e. The first-order valence-corrected chi connectivity index (χ1v) is 9.77. The van der Waals surface area contributed by atoms with Crippen molar-refractivity contribution in [1.82, 2.24) is 14.9 Å². The van der Waals surface area contributed by atoms with E-state index in [1.165, 1.54) is 15.9 Å². The molecule has 4 rings (SSSR count). The zero-order chi connectivity index (χ0) is 18.1. The molecule has 0 saturated carbocycles. The molecule has 1 aliphatic rings. The number of thiophene rings is 1. The molecule has 0 fully saturated rings. The smallest absolute Gasteiger partial charge is 0.263 e. The molecule has 0 saturated heterocycles. The number of amides is 1. The second kappa shape index (κ2) is 7.03. The van der Waals surface area contributed by atoms with Gasteiger partial charge in [-0.2, -0.15) is 0 Å². The molecule has 1 N–H and O–H groups in total. The van der Waals surface area contributed by atoms with E-state index in [1.54, 1.807) is 18.3 Å². The van der Waals surface area contributed by atoms with Crippen molar-refractivity contribution in [3.63, 3.8) is 0 Å². The first kappa shape index (κ1) is 17.0. The van der Waals surface area contributed by atoms with Crippen LogP contribution in [0.1, 0.15) is 34.7 Å². The van der Waals surface area contributed by atoms with Crippen LogP contribution in [-0.2, 0) is 30.7 Å². The van der Waals surface area contributed by atoms with Gasteiger partial charge in [0.1, 0.15) is 17.2 Å². The zero-order valence-corrected chi connectivity index (χ0v) is 15.6. The molecule has 134 valence electrons. The monoisotopic (exact) mass is 367 g/mol. The van der Waals surface area contributed by atoms with Gasteiger partial charge in [0.25, 0.3) is 5.56 Å². The van der Waals surface area contributed by atoms with Crippen molar-refractivity contribution in [1.29, 1.82) is 0 Å². The maximum absolute atomic E-state index is 13.0. The summed E-state index contributed by atoms with van der Waals surface area (Å²) in [5.74, 6) is 0.417. The van der Waals surface area contributed by atoms with Gasteiger partial charge in [0.15, 0.2) is 0 Å². The Labute approximate surface area is 155 Å². The number of hydrogen-bond donors (Lipinski definition) is 1. The van der Waals surface area contributed by atoms with Gasteiger partial charge in [0.05, 0.1) is 5.39 Å². The second-order valence-corrected chi connectivity index (χ2v) is 7.79. The molecule has 0 aliphatic heterocycles. The van der Waals surface area contributed by atoms with Gasteiger partial charge in [-0.25, -0.2) is 4.98 Å². The summed E-state index contributed by atoms with van der Waals surface area (Å²) in [6.45, 7) is 2.26. The summed E-state index contributed by atoms with van der Waals surface area (Å²) in [6, 6.07) is 9.74. The van der Waals surface area contributed by atoms with Crippen LogP contribution in [0, 0.1) is 6.92 Å². The lowest BCUT2D eigenvalue weighted by Gasteiger charge is -2.12. The van der Waals surface area contributed by atoms with Crippen LogP contribution in [0.5, 0.6) is 0 Å². The Hall–Kier alpha value is -2.47. The van der Waals surface area contributed by atoms with Crippen molar-refractivity contribution in [3.05, 3.63) is 62.5 Å². The number of benzene rings is 1. The molecular formula is C20H21N3O2S. The number of carbonyl (C=O) groups is 1.